The lowest BCUT2D eigenvalue weighted by Gasteiger charge is -2.29. The number of carbonyl (C=O) groups excluding carboxylic acids is 1. The van der Waals surface area contributed by atoms with Crippen LogP contribution in [-0.4, -0.2) is 30.3 Å². The van der Waals surface area contributed by atoms with Crippen LogP contribution in [0.3, 0.4) is 0 Å². The molecule has 0 atom stereocenters. The van der Waals surface area contributed by atoms with Gasteiger partial charge in [-0.15, -0.1) is 0 Å². The average Bonchev–Trinajstić information content (AvgIpc) is 3.53. The number of aromatic nitrogens is 4. The number of nitrogens with zero attached hydrogens (tertiary/aromatic N) is 4. The molecule has 0 aliphatic rings. The minimum atomic E-state index is -1.47. The molecule has 0 saturated carbocycles. The standard InChI is InChI=1S/C29H29N5O2/c1-4-33-25-19-21(27(35)31-26-17-18-34(32-26)20(2)3)15-16-24(25)30-28(33)29(36,22-11-7-5-8-12-22)23-13-9-6-10-14-23/h5-20,36H,4H2,1-3H3,(H,31,32,35). The summed E-state index contributed by atoms with van der Waals surface area (Å²) < 4.78 is 3.77. The van der Waals surface area contributed by atoms with Gasteiger partial charge in [0.2, 0.25) is 0 Å². The predicted octanol–water partition coefficient (Wildman–Crippen LogP) is 5.37. The van der Waals surface area contributed by atoms with Crippen molar-refractivity contribution in [3.63, 3.8) is 0 Å². The summed E-state index contributed by atoms with van der Waals surface area (Å²) in [5.41, 5.74) is 1.95. The maximum absolute atomic E-state index is 13.0. The molecule has 5 aromatic rings. The lowest BCUT2D eigenvalue weighted by atomic mass is 9.85. The zero-order chi connectivity index (χ0) is 25.3. The van der Waals surface area contributed by atoms with Crippen molar-refractivity contribution >= 4 is 22.8 Å². The van der Waals surface area contributed by atoms with E-state index in [1.54, 1.807) is 16.8 Å². The SMILES string of the molecule is CCn1c(C(O)(c2ccccc2)c2ccccc2)nc2ccc(C(=O)Nc3ccn(C(C)C)n3)cc21. The molecule has 1 amide bonds. The van der Waals surface area contributed by atoms with E-state index in [4.69, 9.17) is 4.98 Å². The molecule has 0 bridgehead atoms. The summed E-state index contributed by atoms with van der Waals surface area (Å²) >= 11 is 0. The Morgan fingerprint density at radius 2 is 1.61 bits per heavy atom. The maximum Gasteiger partial charge on any atom is 0.256 e. The number of hydrogen-bond acceptors (Lipinski definition) is 4. The Balaban J connectivity index is 1.59. The number of rotatable bonds is 7. The molecule has 2 aromatic heterocycles. The van der Waals surface area contributed by atoms with Crippen LogP contribution in [0.4, 0.5) is 5.82 Å². The van der Waals surface area contributed by atoms with E-state index in [0.717, 1.165) is 16.6 Å². The third kappa shape index (κ3) is 4.07. The summed E-state index contributed by atoms with van der Waals surface area (Å²) in [6, 6.07) is 26.5. The van der Waals surface area contributed by atoms with E-state index >= 15 is 0 Å². The van der Waals surface area contributed by atoms with Crippen molar-refractivity contribution in [1.82, 2.24) is 19.3 Å². The highest BCUT2D eigenvalue weighted by molar-refractivity contribution is 6.05. The molecular formula is C29H29N5O2. The van der Waals surface area contributed by atoms with Gasteiger partial charge in [0, 0.05) is 30.4 Å². The van der Waals surface area contributed by atoms with Crippen molar-refractivity contribution in [2.45, 2.75) is 39.0 Å². The van der Waals surface area contributed by atoms with Crippen LogP contribution >= 0.6 is 0 Å². The Labute approximate surface area is 210 Å². The first kappa shape index (κ1) is 23.5. The van der Waals surface area contributed by atoms with Gasteiger partial charge >= 0.3 is 0 Å². The number of carbonyl (C=O) groups is 1. The van der Waals surface area contributed by atoms with Gasteiger partial charge in [0.1, 0.15) is 0 Å². The summed E-state index contributed by atoms with van der Waals surface area (Å²) in [7, 11) is 0. The molecule has 0 spiro atoms. The van der Waals surface area contributed by atoms with Gasteiger partial charge in [-0.3, -0.25) is 9.48 Å². The smallest absolute Gasteiger partial charge is 0.256 e. The van der Waals surface area contributed by atoms with Gasteiger partial charge in [0.25, 0.3) is 5.91 Å². The fraction of sp³-hybridized carbons (Fsp3) is 0.207. The number of fused-ring (bicyclic) bond motifs is 1. The minimum absolute atomic E-state index is 0.206. The molecule has 0 fully saturated rings. The molecule has 0 unspecified atom stereocenters. The van der Waals surface area contributed by atoms with E-state index in [0.29, 0.717) is 29.3 Å². The van der Waals surface area contributed by atoms with Crippen molar-refractivity contribution < 1.29 is 9.90 Å². The lowest BCUT2D eigenvalue weighted by molar-refractivity contribution is 0.102. The molecule has 2 N–H and O–H groups in total. The van der Waals surface area contributed by atoms with Gasteiger partial charge < -0.3 is 15.0 Å². The second-order valence-electron chi connectivity index (χ2n) is 9.05. The number of hydrogen-bond donors (Lipinski definition) is 2. The molecule has 3 aromatic carbocycles. The molecule has 7 heteroatoms. The highest BCUT2D eigenvalue weighted by Gasteiger charge is 2.38. The van der Waals surface area contributed by atoms with Crippen molar-refractivity contribution in [2.75, 3.05) is 5.32 Å². The number of aliphatic hydroxyl groups is 1. The highest BCUT2D eigenvalue weighted by Crippen LogP contribution is 2.37. The van der Waals surface area contributed by atoms with E-state index in [1.807, 2.05) is 104 Å². The number of anilines is 1. The second kappa shape index (κ2) is 9.43. The Hall–Kier alpha value is -4.23. The van der Waals surface area contributed by atoms with Crippen LogP contribution in [0.15, 0.2) is 91.1 Å². The number of nitrogens with one attached hydrogen (secondary N) is 1. The van der Waals surface area contributed by atoms with E-state index in [2.05, 4.69) is 10.4 Å². The molecule has 0 aliphatic carbocycles. The third-order valence-electron chi connectivity index (χ3n) is 6.41. The highest BCUT2D eigenvalue weighted by atomic mass is 16.3. The third-order valence-corrected chi connectivity index (χ3v) is 6.41. The van der Waals surface area contributed by atoms with Gasteiger partial charge in [0.05, 0.1) is 11.0 Å². The van der Waals surface area contributed by atoms with Gasteiger partial charge in [-0.1, -0.05) is 60.7 Å². The largest absolute Gasteiger partial charge is 0.373 e. The Morgan fingerprint density at radius 3 is 2.17 bits per heavy atom. The molecule has 182 valence electrons. The fourth-order valence-corrected chi connectivity index (χ4v) is 4.52. The van der Waals surface area contributed by atoms with E-state index < -0.39 is 5.60 Å². The molecule has 0 aliphatic heterocycles. The van der Waals surface area contributed by atoms with Gasteiger partial charge in [-0.25, -0.2) is 4.98 Å². The summed E-state index contributed by atoms with van der Waals surface area (Å²) in [6.07, 6.45) is 1.84. The molecule has 7 nitrogen and oxygen atoms in total. The molecular weight excluding hydrogens is 450 g/mol. The molecule has 5 rings (SSSR count). The number of benzene rings is 3. The number of imidazole rings is 1. The van der Waals surface area contributed by atoms with E-state index in [-0.39, 0.29) is 11.9 Å². The van der Waals surface area contributed by atoms with Gasteiger partial charge in [-0.2, -0.15) is 5.10 Å². The molecule has 0 saturated heterocycles. The number of aryl methyl sites for hydroxylation is 1. The van der Waals surface area contributed by atoms with Crippen LogP contribution in [0.25, 0.3) is 11.0 Å². The average molecular weight is 480 g/mol. The first-order valence-electron chi connectivity index (χ1n) is 12.1. The lowest BCUT2D eigenvalue weighted by Crippen LogP contribution is -2.32. The summed E-state index contributed by atoms with van der Waals surface area (Å²) in [5.74, 6) is 0.754. The van der Waals surface area contributed by atoms with Gasteiger partial charge in [0.15, 0.2) is 17.2 Å². The van der Waals surface area contributed by atoms with Crippen LogP contribution in [0.5, 0.6) is 0 Å². The monoisotopic (exact) mass is 479 g/mol. The predicted molar refractivity (Wildman–Crippen MR) is 141 cm³/mol. The van der Waals surface area contributed by atoms with Crippen molar-refractivity contribution in [1.29, 1.82) is 0 Å². The summed E-state index contributed by atoms with van der Waals surface area (Å²) in [4.78, 5) is 17.9. The van der Waals surface area contributed by atoms with Crippen molar-refractivity contribution in [3.05, 3.63) is 114 Å². The first-order valence-corrected chi connectivity index (χ1v) is 12.1. The minimum Gasteiger partial charge on any atom is -0.373 e. The quantitative estimate of drug-likeness (QED) is 0.329. The molecule has 36 heavy (non-hydrogen) atoms. The summed E-state index contributed by atoms with van der Waals surface area (Å²) in [6.45, 7) is 6.63. The zero-order valence-corrected chi connectivity index (χ0v) is 20.6. The normalized spacial score (nSPS) is 11.8. The van der Waals surface area contributed by atoms with Crippen molar-refractivity contribution in [3.8, 4) is 0 Å². The maximum atomic E-state index is 13.0. The van der Waals surface area contributed by atoms with Crippen LogP contribution < -0.4 is 5.32 Å². The van der Waals surface area contributed by atoms with Crippen LogP contribution in [0.2, 0.25) is 0 Å². The van der Waals surface area contributed by atoms with Gasteiger partial charge in [-0.05, 0) is 50.1 Å². The van der Waals surface area contributed by atoms with Crippen LogP contribution in [0, 0.1) is 0 Å². The topological polar surface area (TPSA) is 85.0 Å². The van der Waals surface area contributed by atoms with E-state index in [1.165, 1.54) is 0 Å². The van der Waals surface area contributed by atoms with Crippen molar-refractivity contribution in [2.24, 2.45) is 0 Å². The fourth-order valence-electron chi connectivity index (χ4n) is 4.52. The summed E-state index contributed by atoms with van der Waals surface area (Å²) in [5, 5.41) is 19.6. The number of amides is 1. The Bertz CT molecular complexity index is 1460. The molecule has 0 radical (unpaired) electrons. The first-order chi connectivity index (χ1) is 17.4. The second-order valence-corrected chi connectivity index (χ2v) is 9.05. The Kier molecular flexibility index (Phi) is 6.16. The van der Waals surface area contributed by atoms with Crippen LogP contribution in [0.1, 0.15) is 54.1 Å². The van der Waals surface area contributed by atoms with Crippen LogP contribution in [-0.2, 0) is 12.1 Å². The zero-order valence-electron chi connectivity index (χ0n) is 20.6. The molecule has 2 heterocycles. The Morgan fingerprint density at radius 1 is 0.972 bits per heavy atom. The van der Waals surface area contributed by atoms with E-state index in [9.17, 15) is 9.90 Å².